The SMILES string of the molecule is CC(=NNC(=O)c1ccc(Cl)c(Cl)c1)c1ccc(Br)s1. The average molecular weight is 392 g/mol. The summed E-state index contributed by atoms with van der Waals surface area (Å²) in [5, 5.41) is 4.81. The van der Waals surface area contributed by atoms with Gasteiger partial charge in [0.05, 0.1) is 24.4 Å². The van der Waals surface area contributed by atoms with Crippen molar-refractivity contribution < 1.29 is 4.79 Å². The second-order valence-corrected chi connectivity index (χ2v) is 7.15. The largest absolute Gasteiger partial charge is 0.271 e. The van der Waals surface area contributed by atoms with Crippen LogP contribution in [0.4, 0.5) is 0 Å². The summed E-state index contributed by atoms with van der Waals surface area (Å²) >= 11 is 16.6. The van der Waals surface area contributed by atoms with Gasteiger partial charge in [-0.25, -0.2) is 5.43 Å². The van der Waals surface area contributed by atoms with E-state index in [4.69, 9.17) is 23.2 Å². The number of hydrogen-bond donors (Lipinski definition) is 1. The molecule has 0 radical (unpaired) electrons. The molecule has 0 aliphatic heterocycles. The number of nitrogens with one attached hydrogen (secondary N) is 1. The molecule has 3 nitrogen and oxygen atoms in total. The van der Waals surface area contributed by atoms with Gasteiger partial charge in [-0.3, -0.25) is 4.79 Å². The van der Waals surface area contributed by atoms with E-state index in [0.717, 1.165) is 14.4 Å². The summed E-state index contributed by atoms with van der Waals surface area (Å²) in [6.07, 6.45) is 0. The van der Waals surface area contributed by atoms with Gasteiger partial charge < -0.3 is 0 Å². The molecule has 1 heterocycles. The van der Waals surface area contributed by atoms with Gasteiger partial charge in [-0.2, -0.15) is 5.10 Å². The van der Waals surface area contributed by atoms with Crippen LogP contribution in [0.3, 0.4) is 0 Å². The van der Waals surface area contributed by atoms with E-state index in [9.17, 15) is 4.79 Å². The van der Waals surface area contributed by atoms with Gasteiger partial charge in [0.2, 0.25) is 0 Å². The number of hydrazone groups is 1. The second kappa shape index (κ2) is 6.72. The first-order valence-electron chi connectivity index (χ1n) is 5.53. The smallest absolute Gasteiger partial charge is 0.267 e. The van der Waals surface area contributed by atoms with Crippen molar-refractivity contribution in [2.45, 2.75) is 6.92 Å². The van der Waals surface area contributed by atoms with E-state index in [1.54, 1.807) is 23.5 Å². The lowest BCUT2D eigenvalue weighted by Gasteiger charge is -2.03. The van der Waals surface area contributed by atoms with E-state index >= 15 is 0 Å². The zero-order valence-corrected chi connectivity index (χ0v) is 14.2. The van der Waals surface area contributed by atoms with E-state index in [1.165, 1.54) is 6.07 Å². The molecular weight excluding hydrogens is 383 g/mol. The monoisotopic (exact) mass is 390 g/mol. The Balaban J connectivity index is 2.09. The normalized spacial score (nSPS) is 11.5. The number of halogens is 3. The lowest BCUT2D eigenvalue weighted by molar-refractivity contribution is 0.0955. The molecule has 0 unspecified atom stereocenters. The molecule has 2 aromatic rings. The van der Waals surface area contributed by atoms with Gasteiger partial charge in [0.15, 0.2) is 0 Å². The van der Waals surface area contributed by atoms with Crippen LogP contribution in [0.15, 0.2) is 39.2 Å². The Hall–Kier alpha value is -0.880. The van der Waals surface area contributed by atoms with Crippen LogP contribution in [0.2, 0.25) is 10.0 Å². The maximum absolute atomic E-state index is 11.9. The summed E-state index contributed by atoms with van der Waals surface area (Å²) < 4.78 is 1.01. The molecule has 0 spiro atoms. The molecule has 20 heavy (non-hydrogen) atoms. The third-order valence-corrected chi connectivity index (χ3v) is 4.91. The molecule has 1 N–H and O–H groups in total. The molecule has 0 fully saturated rings. The quantitative estimate of drug-likeness (QED) is 0.582. The number of rotatable bonds is 3. The molecule has 1 amide bonds. The van der Waals surface area contributed by atoms with Crippen molar-refractivity contribution in [3.05, 3.63) is 54.6 Å². The molecule has 0 saturated carbocycles. The van der Waals surface area contributed by atoms with Crippen molar-refractivity contribution in [3.63, 3.8) is 0 Å². The summed E-state index contributed by atoms with van der Waals surface area (Å²) in [5.41, 5.74) is 3.63. The van der Waals surface area contributed by atoms with Crippen LogP contribution in [0, 0.1) is 0 Å². The summed E-state index contributed by atoms with van der Waals surface area (Å²) in [5.74, 6) is -0.335. The van der Waals surface area contributed by atoms with Crippen molar-refractivity contribution in [1.29, 1.82) is 0 Å². The Bertz CT molecular complexity index is 685. The molecule has 2 rings (SSSR count). The number of carbonyl (C=O) groups is 1. The Morgan fingerprint density at radius 2 is 2.00 bits per heavy atom. The van der Waals surface area contributed by atoms with Crippen LogP contribution in [-0.4, -0.2) is 11.6 Å². The Labute approximate surface area is 138 Å². The number of thiophene rings is 1. The van der Waals surface area contributed by atoms with Gasteiger partial charge in [0, 0.05) is 5.56 Å². The van der Waals surface area contributed by atoms with Crippen LogP contribution in [0.5, 0.6) is 0 Å². The number of benzene rings is 1. The highest BCUT2D eigenvalue weighted by atomic mass is 79.9. The van der Waals surface area contributed by atoms with Crippen LogP contribution >= 0.6 is 50.5 Å². The maximum Gasteiger partial charge on any atom is 0.271 e. The highest BCUT2D eigenvalue weighted by Crippen LogP contribution is 2.23. The Kier molecular flexibility index (Phi) is 5.21. The molecule has 0 atom stereocenters. The van der Waals surface area contributed by atoms with Crippen LogP contribution < -0.4 is 5.43 Å². The third-order valence-electron chi connectivity index (χ3n) is 2.44. The van der Waals surface area contributed by atoms with Crippen LogP contribution in [-0.2, 0) is 0 Å². The maximum atomic E-state index is 11.9. The molecule has 104 valence electrons. The molecule has 0 aliphatic carbocycles. The first-order valence-corrected chi connectivity index (χ1v) is 7.89. The fourth-order valence-electron chi connectivity index (χ4n) is 1.40. The minimum Gasteiger partial charge on any atom is -0.267 e. The van der Waals surface area contributed by atoms with E-state index < -0.39 is 0 Å². The van der Waals surface area contributed by atoms with Crippen molar-refractivity contribution in [1.82, 2.24) is 5.43 Å². The van der Waals surface area contributed by atoms with E-state index in [-0.39, 0.29) is 5.91 Å². The first-order chi connectivity index (χ1) is 9.47. The van der Waals surface area contributed by atoms with Gasteiger partial charge >= 0.3 is 0 Å². The van der Waals surface area contributed by atoms with E-state index in [1.807, 2.05) is 19.1 Å². The minimum absolute atomic E-state index is 0.335. The second-order valence-electron chi connectivity index (χ2n) is 3.87. The lowest BCUT2D eigenvalue weighted by atomic mass is 10.2. The van der Waals surface area contributed by atoms with Crippen molar-refractivity contribution in [2.75, 3.05) is 0 Å². The predicted octanol–water partition coefficient (Wildman–Crippen LogP) is 4.97. The topological polar surface area (TPSA) is 41.5 Å². The lowest BCUT2D eigenvalue weighted by Crippen LogP contribution is -2.19. The minimum atomic E-state index is -0.335. The van der Waals surface area contributed by atoms with Crippen molar-refractivity contribution in [3.8, 4) is 0 Å². The van der Waals surface area contributed by atoms with E-state index in [2.05, 4.69) is 26.5 Å². The standard InChI is InChI=1S/C13H9BrCl2N2OS/c1-7(11-4-5-12(14)20-11)17-18-13(19)8-2-3-9(15)10(16)6-8/h2-6H,1H3,(H,18,19). The number of carbonyl (C=O) groups excluding carboxylic acids is 1. The molecule has 7 heteroatoms. The van der Waals surface area contributed by atoms with Gasteiger partial charge in [-0.1, -0.05) is 23.2 Å². The van der Waals surface area contributed by atoms with Gasteiger partial charge in [-0.05, 0) is 53.2 Å². The fraction of sp³-hybridized carbons (Fsp3) is 0.0769. The highest BCUT2D eigenvalue weighted by molar-refractivity contribution is 9.11. The summed E-state index contributed by atoms with van der Waals surface area (Å²) in [4.78, 5) is 12.9. The van der Waals surface area contributed by atoms with Gasteiger partial charge in [0.1, 0.15) is 0 Å². The Morgan fingerprint density at radius 1 is 1.25 bits per heavy atom. The third kappa shape index (κ3) is 3.82. The van der Waals surface area contributed by atoms with Crippen LogP contribution in [0.25, 0.3) is 0 Å². The molecule has 1 aromatic heterocycles. The molecule has 0 aliphatic rings. The average Bonchev–Trinajstić information content (AvgIpc) is 2.85. The van der Waals surface area contributed by atoms with Crippen LogP contribution in [0.1, 0.15) is 22.2 Å². The zero-order chi connectivity index (χ0) is 14.7. The first kappa shape index (κ1) is 15.5. The Morgan fingerprint density at radius 3 is 2.60 bits per heavy atom. The summed E-state index contributed by atoms with van der Waals surface area (Å²) in [7, 11) is 0. The zero-order valence-electron chi connectivity index (χ0n) is 10.3. The van der Waals surface area contributed by atoms with Gasteiger partial charge in [-0.15, -0.1) is 11.3 Å². The highest BCUT2D eigenvalue weighted by Gasteiger charge is 2.08. The number of amides is 1. The van der Waals surface area contributed by atoms with Crippen molar-refractivity contribution >= 4 is 62.1 Å². The molecule has 0 saturated heterocycles. The van der Waals surface area contributed by atoms with Crippen molar-refractivity contribution in [2.24, 2.45) is 5.10 Å². The molecule has 0 bridgehead atoms. The fourth-order valence-corrected chi connectivity index (χ4v) is 3.03. The summed E-state index contributed by atoms with van der Waals surface area (Å²) in [6, 6.07) is 8.53. The van der Waals surface area contributed by atoms with E-state index in [0.29, 0.717) is 15.6 Å². The molecular formula is C13H9BrCl2N2OS. The number of hydrogen-bond acceptors (Lipinski definition) is 3. The number of nitrogens with zero attached hydrogens (tertiary/aromatic N) is 1. The summed E-state index contributed by atoms with van der Waals surface area (Å²) in [6.45, 7) is 1.83. The molecule has 1 aromatic carbocycles. The van der Waals surface area contributed by atoms with Gasteiger partial charge in [0.25, 0.3) is 5.91 Å². The predicted molar refractivity (Wildman–Crippen MR) is 88.2 cm³/mol.